The summed E-state index contributed by atoms with van der Waals surface area (Å²) in [4.78, 5) is 4.11. The van der Waals surface area contributed by atoms with Gasteiger partial charge in [0.2, 0.25) is 0 Å². The summed E-state index contributed by atoms with van der Waals surface area (Å²) in [6, 6.07) is 18.0. The van der Waals surface area contributed by atoms with E-state index < -0.39 is 0 Å². The summed E-state index contributed by atoms with van der Waals surface area (Å²) in [5, 5.41) is 4.23. The fraction of sp³-hybridized carbons (Fsp3) is 0. The predicted octanol–water partition coefficient (Wildman–Crippen LogP) is 5.45. The lowest BCUT2D eigenvalue weighted by Gasteiger charge is -2.03. The molecule has 19 heavy (non-hydrogen) atoms. The quantitative estimate of drug-likeness (QED) is 0.485. The van der Waals surface area contributed by atoms with Crippen LogP contribution in [0.25, 0.3) is 32.6 Å². The molecule has 0 saturated heterocycles. The Morgan fingerprint density at radius 1 is 0.789 bits per heavy atom. The first-order valence-corrected chi connectivity index (χ1v) is 6.81. The van der Waals surface area contributed by atoms with E-state index >= 15 is 0 Å². The minimum absolute atomic E-state index is 0.311. The second-order valence-electron chi connectivity index (χ2n) is 4.59. The monoisotopic (exact) mass is 267 g/mol. The third kappa shape index (κ3) is 1.48. The van der Waals surface area contributed by atoms with E-state index in [1.54, 1.807) is 0 Å². The molecule has 0 amide bonds. The third-order valence-electron chi connectivity index (χ3n) is 3.57. The maximum atomic E-state index is 13.2. The Bertz CT molecular complexity index is 910. The highest BCUT2D eigenvalue weighted by Crippen LogP contribution is 2.37. The van der Waals surface area contributed by atoms with Crippen LogP contribution in [0.15, 0.2) is 59.5 Å². The predicted molar refractivity (Wildman–Crippen MR) is 80.3 cm³/mol. The SMILES string of the molecule is FSc1cc2c3ccccc3[nH]c2c2ccccc12. The highest BCUT2D eigenvalue weighted by molar-refractivity contribution is 7.94. The van der Waals surface area contributed by atoms with E-state index in [0.29, 0.717) is 17.0 Å². The molecule has 1 heterocycles. The summed E-state index contributed by atoms with van der Waals surface area (Å²) in [5.74, 6) is 0. The van der Waals surface area contributed by atoms with Gasteiger partial charge in [-0.1, -0.05) is 42.5 Å². The second kappa shape index (κ2) is 4.00. The van der Waals surface area contributed by atoms with Crippen molar-refractivity contribution >= 4 is 44.7 Å². The molecule has 0 aliphatic heterocycles. The van der Waals surface area contributed by atoms with Gasteiger partial charge in [-0.05, 0) is 17.5 Å². The third-order valence-corrected chi connectivity index (χ3v) is 4.07. The van der Waals surface area contributed by atoms with Crippen LogP contribution >= 0.6 is 12.1 Å². The number of aromatic amines is 1. The smallest absolute Gasteiger partial charge is 0.0818 e. The van der Waals surface area contributed by atoms with E-state index in [0.717, 1.165) is 32.6 Å². The van der Waals surface area contributed by atoms with Crippen molar-refractivity contribution in [3.8, 4) is 0 Å². The van der Waals surface area contributed by atoms with Crippen LogP contribution in [0, 0.1) is 0 Å². The zero-order valence-electron chi connectivity index (χ0n) is 9.98. The average Bonchev–Trinajstić information content (AvgIpc) is 2.85. The largest absolute Gasteiger partial charge is 0.354 e. The molecule has 0 saturated carbocycles. The van der Waals surface area contributed by atoms with Crippen LogP contribution in [-0.4, -0.2) is 4.98 Å². The van der Waals surface area contributed by atoms with Crippen molar-refractivity contribution in [2.24, 2.45) is 0 Å². The van der Waals surface area contributed by atoms with Gasteiger partial charge in [0, 0.05) is 26.6 Å². The van der Waals surface area contributed by atoms with Crippen molar-refractivity contribution in [3.05, 3.63) is 54.6 Å². The van der Waals surface area contributed by atoms with E-state index in [1.807, 2.05) is 48.5 Å². The molecule has 0 spiro atoms. The van der Waals surface area contributed by atoms with Crippen LogP contribution in [0.5, 0.6) is 0 Å². The van der Waals surface area contributed by atoms with Gasteiger partial charge in [-0.25, -0.2) is 0 Å². The first-order valence-electron chi connectivity index (χ1n) is 6.09. The molecule has 3 heteroatoms. The molecule has 92 valence electrons. The van der Waals surface area contributed by atoms with Crippen molar-refractivity contribution in [2.75, 3.05) is 0 Å². The molecular weight excluding hydrogens is 257 g/mol. The van der Waals surface area contributed by atoms with Gasteiger partial charge >= 0.3 is 0 Å². The normalized spacial score (nSPS) is 11.6. The number of aromatic nitrogens is 1. The Kier molecular flexibility index (Phi) is 2.29. The molecule has 0 fully saturated rings. The van der Waals surface area contributed by atoms with E-state index in [-0.39, 0.29) is 0 Å². The number of halogens is 1. The van der Waals surface area contributed by atoms with E-state index in [1.165, 1.54) is 0 Å². The topological polar surface area (TPSA) is 15.8 Å². The molecule has 0 bridgehead atoms. The molecule has 0 radical (unpaired) electrons. The number of benzene rings is 3. The Labute approximate surface area is 113 Å². The standard InChI is InChI=1S/C16H10FNS/c17-19-15-9-13-10-5-3-4-8-14(10)18-16(13)12-7-2-1-6-11(12)15/h1-9,18H. The van der Waals surface area contributed by atoms with Gasteiger partial charge in [-0.3, -0.25) is 0 Å². The van der Waals surface area contributed by atoms with E-state index in [2.05, 4.69) is 11.1 Å². The molecule has 0 atom stereocenters. The molecule has 0 aliphatic rings. The molecule has 1 nitrogen and oxygen atoms in total. The number of H-pyrrole nitrogens is 1. The summed E-state index contributed by atoms with van der Waals surface area (Å²) in [6.45, 7) is 0. The molecule has 0 aliphatic carbocycles. The van der Waals surface area contributed by atoms with Crippen molar-refractivity contribution in [3.63, 3.8) is 0 Å². The number of hydrogen-bond acceptors (Lipinski definition) is 1. The molecule has 1 aromatic heterocycles. The van der Waals surface area contributed by atoms with Crippen molar-refractivity contribution in [1.29, 1.82) is 0 Å². The average molecular weight is 267 g/mol. The highest BCUT2D eigenvalue weighted by Gasteiger charge is 2.11. The van der Waals surface area contributed by atoms with Gasteiger partial charge in [-0.15, -0.1) is 0 Å². The molecule has 4 rings (SSSR count). The highest BCUT2D eigenvalue weighted by atomic mass is 32.2. The van der Waals surface area contributed by atoms with Crippen LogP contribution in [0.1, 0.15) is 0 Å². The van der Waals surface area contributed by atoms with Crippen LogP contribution in [0.2, 0.25) is 0 Å². The molecule has 0 unspecified atom stereocenters. The Balaban J connectivity index is 2.32. The molecular formula is C16H10FNS. The van der Waals surface area contributed by atoms with Crippen molar-refractivity contribution < 1.29 is 3.89 Å². The van der Waals surface area contributed by atoms with E-state index in [4.69, 9.17) is 0 Å². The van der Waals surface area contributed by atoms with Gasteiger partial charge < -0.3 is 4.98 Å². The number of rotatable bonds is 1. The number of nitrogens with one attached hydrogen (secondary N) is 1. The van der Waals surface area contributed by atoms with Crippen LogP contribution < -0.4 is 0 Å². The zero-order valence-corrected chi connectivity index (χ0v) is 10.8. The number of fused-ring (bicyclic) bond motifs is 5. The maximum absolute atomic E-state index is 13.2. The van der Waals surface area contributed by atoms with Gasteiger partial charge in [0.1, 0.15) is 0 Å². The lowest BCUT2D eigenvalue weighted by Crippen LogP contribution is -1.78. The first kappa shape index (κ1) is 10.9. The second-order valence-corrected chi connectivity index (χ2v) is 5.18. The lowest BCUT2D eigenvalue weighted by molar-refractivity contribution is 0.936. The minimum atomic E-state index is 0.311. The number of hydrogen-bond donors (Lipinski definition) is 1. The van der Waals surface area contributed by atoms with Crippen LogP contribution in [0.3, 0.4) is 0 Å². The number of para-hydroxylation sites is 1. The zero-order chi connectivity index (χ0) is 12.8. The summed E-state index contributed by atoms with van der Waals surface area (Å²) < 4.78 is 13.2. The first-order chi connectivity index (χ1) is 9.38. The molecule has 1 N–H and O–H groups in total. The van der Waals surface area contributed by atoms with Gasteiger partial charge in [0.05, 0.1) is 17.7 Å². The van der Waals surface area contributed by atoms with Crippen LogP contribution in [0.4, 0.5) is 3.89 Å². The van der Waals surface area contributed by atoms with Gasteiger partial charge in [-0.2, -0.15) is 3.89 Å². The van der Waals surface area contributed by atoms with Crippen molar-refractivity contribution in [2.45, 2.75) is 4.90 Å². The lowest BCUT2D eigenvalue weighted by atomic mass is 10.1. The maximum Gasteiger partial charge on any atom is 0.0818 e. The summed E-state index contributed by atoms with van der Waals surface area (Å²) >= 11 is 0.311. The Morgan fingerprint density at radius 2 is 1.47 bits per heavy atom. The summed E-state index contributed by atoms with van der Waals surface area (Å²) in [5.41, 5.74) is 2.17. The van der Waals surface area contributed by atoms with Crippen LogP contribution in [-0.2, 0) is 0 Å². The molecule has 3 aromatic carbocycles. The van der Waals surface area contributed by atoms with E-state index in [9.17, 15) is 3.89 Å². The van der Waals surface area contributed by atoms with Gasteiger partial charge in [0.15, 0.2) is 0 Å². The van der Waals surface area contributed by atoms with Crippen molar-refractivity contribution in [1.82, 2.24) is 4.98 Å². The summed E-state index contributed by atoms with van der Waals surface area (Å²) in [6.07, 6.45) is 0. The fourth-order valence-electron chi connectivity index (χ4n) is 2.71. The fourth-order valence-corrected chi connectivity index (χ4v) is 3.14. The summed E-state index contributed by atoms with van der Waals surface area (Å²) in [7, 11) is 0. The Morgan fingerprint density at radius 3 is 2.26 bits per heavy atom. The Hall–Kier alpha value is -2.00. The minimum Gasteiger partial charge on any atom is -0.354 e. The van der Waals surface area contributed by atoms with Gasteiger partial charge in [0.25, 0.3) is 0 Å². The molecule has 4 aromatic rings.